The Morgan fingerprint density at radius 3 is 2.43 bits per heavy atom. The van der Waals surface area contributed by atoms with E-state index in [1.165, 1.54) is 21.7 Å². The molecule has 30 heavy (non-hydrogen) atoms. The van der Waals surface area contributed by atoms with Crippen molar-refractivity contribution in [1.82, 2.24) is 9.91 Å². The lowest BCUT2D eigenvalue weighted by molar-refractivity contribution is 0.138. The molecule has 0 spiro atoms. The van der Waals surface area contributed by atoms with Gasteiger partial charge >= 0.3 is 6.03 Å². The minimum Gasteiger partial charge on any atom is -0.330 e. The lowest BCUT2D eigenvalue weighted by Crippen LogP contribution is -2.46. The predicted molar refractivity (Wildman–Crippen MR) is 119 cm³/mol. The molecule has 3 rings (SSSR count). The van der Waals surface area contributed by atoms with Crippen LogP contribution in [-0.4, -0.2) is 41.6 Å². The van der Waals surface area contributed by atoms with Crippen molar-refractivity contribution in [1.29, 1.82) is 0 Å². The normalized spacial score (nSPS) is 17.8. The van der Waals surface area contributed by atoms with Crippen LogP contribution in [-0.2, 0) is 4.87 Å². The van der Waals surface area contributed by atoms with Gasteiger partial charge in [0.2, 0.25) is 0 Å². The third kappa shape index (κ3) is 4.82. The highest BCUT2D eigenvalue weighted by atomic mass is 32.2. The van der Waals surface area contributed by atoms with E-state index in [1.54, 1.807) is 14.1 Å². The van der Waals surface area contributed by atoms with Crippen molar-refractivity contribution in [3.63, 3.8) is 0 Å². The third-order valence-electron chi connectivity index (χ3n) is 4.47. The summed E-state index contributed by atoms with van der Waals surface area (Å²) in [5, 5.41) is 6.06. The van der Waals surface area contributed by atoms with Crippen molar-refractivity contribution in [3.05, 3.63) is 71.3 Å². The molecule has 0 saturated carbocycles. The van der Waals surface area contributed by atoms with Gasteiger partial charge in [-0.25, -0.2) is 13.6 Å². The number of nitrogens with zero attached hydrogens (tertiary/aromatic N) is 3. The number of benzene rings is 2. The highest BCUT2D eigenvalue weighted by Gasteiger charge is 2.49. The molecule has 1 aliphatic rings. The Bertz CT molecular complexity index is 892. The number of thioether (sulfide) groups is 1. The van der Waals surface area contributed by atoms with Gasteiger partial charge in [-0.1, -0.05) is 55.9 Å². The van der Waals surface area contributed by atoms with Crippen molar-refractivity contribution < 1.29 is 13.6 Å². The first-order chi connectivity index (χ1) is 14.4. The first kappa shape index (κ1) is 23.8. The Balaban J connectivity index is 0.00000155. The van der Waals surface area contributed by atoms with Crippen molar-refractivity contribution in [2.75, 3.05) is 20.6 Å². The van der Waals surface area contributed by atoms with Gasteiger partial charge in [0.25, 0.3) is 0 Å². The first-order valence-electron chi connectivity index (χ1n) is 9.89. The van der Waals surface area contributed by atoms with Crippen molar-refractivity contribution in [2.24, 2.45) is 10.8 Å². The average molecular weight is 435 g/mol. The zero-order valence-electron chi connectivity index (χ0n) is 17.7. The Kier molecular flexibility index (Phi) is 8.37. The van der Waals surface area contributed by atoms with Gasteiger partial charge in [0, 0.05) is 19.7 Å². The van der Waals surface area contributed by atoms with E-state index < -0.39 is 16.5 Å². The van der Waals surface area contributed by atoms with E-state index in [4.69, 9.17) is 5.73 Å². The summed E-state index contributed by atoms with van der Waals surface area (Å²) < 4.78 is 28.2. The van der Waals surface area contributed by atoms with Crippen LogP contribution in [0.4, 0.5) is 13.6 Å². The summed E-state index contributed by atoms with van der Waals surface area (Å²) in [5.41, 5.74) is 6.63. The van der Waals surface area contributed by atoms with Gasteiger partial charge in [-0.15, -0.1) is 0 Å². The molecule has 0 fully saturated rings. The zero-order chi connectivity index (χ0) is 22.3. The van der Waals surface area contributed by atoms with Crippen LogP contribution in [0, 0.1) is 11.6 Å². The van der Waals surface area contributed by atoms with Crippen LogP contribution in [0.3, 0.4) is 0 Å². The molecule has 2 aromatic carbocycles. The van der Waals surface area contributed by atoms with Crippen LogP contribution >= 0.6 is 11.8 Å². The molecule has 1 aliphatic heterocycles. The van der Waals surface area contributed by atoms with E-state index in [9.17, 15) is 13.6 Å². The topological polar surface area (TPSA) is 61.9 Å². The second-order valence-corrected chi connectivity index (χ2v) is 7.93. The van der Waals surface area contributed by atoms with Crippen LogP contribution in [0.15, 0.2) is 53.6 Å². The number of urea groups is 1. The minimum absolute atomic E-state index is 0.0344. The lowest BCUT2D eigenvalue weighted by Gasteiger charge is -2.37. The van der Waals surface area contributed by atoms with E-state index in [-0.39, 0.29) is 16.6 Å². The molecule has 1 heterocycles. The van der Waals surface area contributed by atoms with Crippen LogP contribution in [0.25, 0.3) is 0 Å². The van der Waals surface area contributed by atoms with Crippen LogP contribution in [0.1, 0.15) is 37.8 Å². The summed E-state index contributed by atoms with van der Waals surface area (Å²) in [4.78, 5) is 13.5. The number of carbonyl (C=O) groups is 1. The van der Waals surface area contributed by atoms with Gasteiger partial charge in [0.1, 0.15) is 21.5 Å². The van der Waals surface area contributed by atoms with Gasteiger partial charge in [-0.2, -0.15) is 10.1 Å². The fraction of sp³-hybridized carbons (Fsp3) is 0.364. The molecular weight excluding hydrogens is 406 g/mol. The molecule has 0 bridgehead atoms. The SMILES string of the molecule is CC.CN(C)C(=O)N1N=C(c2cc(F)ccc2F)SC1(CCCN)c1ccccc1. The maximum atomic E-state index is 14.4. The average Bonchev–Trinajstić information content (AvgIpc) is 3.16. The molecule has 162 valence electrons. The number of hydrogen-bond acceptors (Lipinski definition) is 4. The Morgan fingerprint density at radius 2 is 1.83 bits per heavy atom. The van der Waals surface area contributed by atoms with Crippen molar-refractivity contribution in [3.8, 4) is 0 Å². The fourth-order valence-electron chi connectivity index (χ4n) is 3.07. The fourth-order valence-corrected chi connectivity index (χ4v) is 4.49. The van der Waals surface area contributed by atoms with E-state index in [1.807, 2.05) is 44.2 Å². The molecule has 0 saturated heterocycles. The smallest absolute Gasteiger partial charge is 0.330 e. The highest BCUT2D eigenvalue weighted by molar-refractivity contribution is 8.15. The number of carbonyl (C=O) groups excluding carboxylic acids is 1. The minimum atomic E-state index is -0.893. The standard InChI is InChI=1S/C20H22F2N4OS.C2H6/c1-25(2)19(27)26-20(11-6-12-23,14-7-4-3-5-8-14)28-18(24-26)16-13-15(21)9-10-17(16)22;1-2/h3-5,7-10,13H,6,11-12,23H2,1-2H3;1-2H3. The molecule has 5 nitrogen and oxygen atoms in total. The summed E-state index contributed by atoms with van der Waals surface area (Å²) in [5.74, 6) is -1.16. The number of rotatable bonds is 5. The van der Waals surface area contributed by atoms with Gasteiger partial charge in [0.15, 0.2) is 0 Å². The molecule has 2 aromatic rings. The molecule has 1 atom stereocenters. The quantitative estimate of drug-likeness (QED) is 0.722. The Morgan fingerprint density at radius 1 is 1.17 bits per heavy atom. The van der Waals surface area contributed by atoms with Gasteiger partial charge in [0.05, 0.1) is 0 Å². The molecule has 0 radical (unpaired) electrons. The highest BCUT2D eigenvalue weighted by Crippen LogP contribution is 2.50. The third-order valence-corrected chi connectivity index (χ3v) is 5.91. The number of amides is 2. The molecule has 1 unspecified atom stereocenters. The molecule has 0 aromatic heterocycles. The number of halogens is 2. The summed E-state index contributed by atoms with van der Waals surface area (Å²) in [6.07, 6.45) is 1.15. The zero-order valence-corrected chi connectivity index (χ0v) is 18.5. The largest absolute Gasteiger partial charge is 0.341 e. The number of hydrazone groups is 1. The van der Waals surface area contributed by atoms with Crippen LogP contribution in [0.5, 0.6) is 0 Å². The first-order valence-corrected chi connectivity index (χ1v) is 10.7. The van der Waals surface area contributed by atoms with E-state index in [0.717, 1.165) is 23.8 Å². The van der Waals surface area contributed by atoms with E-state index in [2.05, 4.69) is 5.10 Å². The molecule has 0 aliphatic carbocycles. The Hall–Kier alpha value is -2.45. The maximum Gasteiger partial charge on any atom is 0.341 e. The van der Waals surface area contributed by atoms with Crippen molar-refractivity contribution >= 4 is 22.8 Å². The van der Waals surface area contributed by atoms with Crippen LogP contribution in [0.2, 0.25) is 0 Å². The molecule has 8 heteroatoms. The summed E-state index contributed by atoms with van der Waals surface area (Å²) in [7, 11) is 3.25. The predicted octanol–water partition coefficient (Wildman–Crippen LogP) is 4.97. The second kappa shape index (κ2) is 10.5. The maximum absolute atomic E-state index is 14.4. The lowest BCUT2D eigenvalue weighted by atomic mass is 10.0. The summed E-state index contributed by atoms with van der Waals surface area (Å²) >= 11 is 1.25. The Labute approximate surface area is 180 Å². The van der Waals surface area contributed by atoms with E-state index >= 15 is 0 Å². The van der Waals surface area contributed by atoms with Crippen LogP contribution < -0.4 is 5.73 Å². The molecular formula is C22H28F2N4OS. The van der Waals surface area contributed by atoms with Gasteiger partial charge in [-0.05, 0) is 43.1 Å². The monoisotopic (exact) mass is 434 g/mol. The number of hydrogen-bond donors (Lipinski definition) is 1. The number of nitrogens with two attached hydrogens (primary N) is 1. The summed E-state index contributed by atoms with van der Waals surface area (Å²) in [6, 6.07) is 12.3. The van der Waals surface area contributed by atoms with Crippen molar-refractivity contribution in [2.45, 2.75) is 31.6 Å². The van der Waals surface area contributed by atoms with E-state index in [0.29, 0.717) is 19.4 Å². The van der Waals surface area contributed by atoms with Gasteiger partial charge < -0.3 is 10.6 Å². The molecule has 2 amide bonds. The molecule has 2 N–H and O–H groups in total. The second-order valence-electron chi connectivity index (χ2n) is 6.66. The van der Waals surface area contributed by atoms with Gasteiger partial charge in [-0.3, -0.25) is 0 Å². The summed E-state index contributed by atoms with van der Waals surface area (Å²) in [6.45, 7) is 4.43.